The van der Waals surface area contributed by atoms with Crippen molar-refractivity contribution in [3.63, 3.8) is 0 Å². The molecule has 1 aromatic rings. The Morgan fingerprint density at radius 3 is 3.00 bits per heavy atom. The first-order valence-electron chi connectivity index (χ1n) is 6.62. The average Bonchev–Trinajstić information content (AvgIpc) is 2.37. The Labute approximate surface area is 109 Å². The van der Waals surface area contributed by atoms with Crippen molar-refractivity contribution < 1.29 is 5.11 Å². The van der Waals surface area contributed by atoms with Crippen molar-refractivity contribution in [3.8, 4) is 0 Å². The molecule has 4 nitrogen and oxygen atoms in total. The number of anilines is 1. The number of hydrogen-bond acceptors (Lipinski definition) is 4. The molecule has 0 aromatic carbocycles. The maximum atomic E-state index is 10.1. The van der Waals surface area contributed by atoms with Gasteiger partial charge in [-0.05, 0) is 51.4 Å². The minimum Gasteiger partial charge on any atom is -0.388 e. The Morgan fingerprint density at radius 2 is 2.33 bits per heavy atom. The fourth-order valence-electron chi connectivity index (χ4n) is 2.46. The van der Waals surface area contributed by atoms with Crippen molar-refractivity contribution in [3.05, 3.63) is 23.9 Å². The van der Waals surface area contributed by atoms with E-state index in [2.05, 4.69) is 28.2 Å². The maximum Gasteiger partial charge on any atom is 0.128 e. The quantitative estimate of drug-likeness (QED) is 0.856. The molecule has 2 rings (SSSR count). The molecular formula is C14H23N3O. The molecule has 0 amide bonds. The van der Waals surface area contributed by atoms with Gasteiger partial charge < -0.3 is 15.3 Å². The van der Waals surface area contributed by atoms with E-state index in [0.29, 0.717) is 12.6 Å². The summed E-state index contributed by atoms with van der Waals surface area (Å²) in [7, 11) is 1.95. The zero-order chi connectivity index (χ0) is 13.2. The summed E-state index contributed by atoms with van der Waals surface area (Å²) < 4.78 is 0. The van der Waals surface area contributed by atoms with Crippen LogP contribution in [0, 0.1) is 0 Å². The first-order chi connectivity index (χ1) is 8.52. The van der Waals surface area contributed by atoms with E-state index in [1.807, 2.05) is 26.2 Å². The topological polar surface area (TPSA) is 48.4 Å². The van der Waals surface area contributed by atoms with Crippen LogP contribution in [0.4, 0.5) is 5.82 Å². The molecule has 0 bridgehead atoms. The van der Waals surface area contributed by atoms with Gasteiger partial charge in [0.2, 0.25) is 0 Å². The SMILES string of the molecule is CNC(C)c1ccnc(N2CCCC(C)(O)C2)c1. The van der Waals surface area contributed by atoms with Crippen LogP contribution in [-0.2, 0) is 0 Å². The van der Waals surface area contributed by atoms with Crippen LogP contribution in [-0.4, -0.2) is 35.8 Å². The summed E-state index contributed by atoms with van der Waals surface area (Å²) in [5.41, 5.74) is 0.637. The molecule has 1 fully saturated rings. The van der Waals surface area contributed by atoms with Gasteiger partial charge in [0.1, 0.15) is 5.82 Å². The Kier molecular flexibility index (Phi) is 3.88. The average molecular weight is 249 g/mol. The molecule has 18 heavy (non-hydrogen) atoms. The summed E-state index contributed by atoms with van der Waals surface area (Å²) in [6.45, 7) is 5.67. The minimum absolute atomic E-state index is 0.317. The molecule has 0 spiro atoms. The van der Waals surface area contributed by atoms with Crippen LogP contribution in [0.2, 0.25) is 0 Å². The van der Waals surface area contributed by atoms with Crippen LogP contribution in [0.25, 0.3) is 0 Å². The second-order valence-corrected chi connectivity index (χ2v) is 5.48. The van der Waals surface area contributed by atoms with Crippen molar-refractivity contribution in [2.75, 3.05) is 25.0 Å². The largest absolute Gasteiger partial charge is 0.388 e. The van der Waals surface area contributed by atoms with Crippen molar-refractivity contribution in [1.82, 2.24) is 10.3 Å². The number of rotatable bonds is 3. The normalized spacial score (nSPS) is 26.1. The molecule has 1 aliphatic heterocycles. The fraction of sp³-hybridized carbons (Fsp3) is 0.643. The Balaban J connectivity index is 2.18. The predicted molar refractivity (Wildman–Crippen MR) is 73.8 cm³/mol. The summed E-state index contributed by atoms with van der Waals surface area (Å²) in [5.74, 6) is 0.967. The van der Waals surface area contributed by atoms with Gasteiger partial charge in [-0.15, -0.1) is 0 Å². The lowest BCUT2D eigenvalue weighted by Crippen LogP contribution is -2.46. The number of hydrogen-bond donors (Lipinski definition) is 2. The second kappa shape index (κ2) is 5.24. The number of aromatic nitrogens is 1. The monoisotopic (exact) mass is 249 g/mol. The van der Waals surface area contributed by atoms with E-state index in [4.69, 9.17) is 0 Å². The maximum absolute atomic E-state index is 10.1. The molecule has 1 aromatic heterocycles. The number of β-amino-alcohol motifs (C(OH)–C–C–N with tert-alkyl or cyclic N) is 1. The van der Waals surface area contributed by atoms with E-state index >= 15 is 0 Å². The van der Waals surface area contributed by atoms with Gasteiger partial charge in [-0.3, -0.25) is 0 Å². The molecular weight excluding hydrogens is 226 g/mol. The van der Waals surface area contributed by atoms with Crippen LogP contribution >= 0.6 is 0 Å². The van der Waals surface area contributed by atoms with Crippen LogP contribution in [0.3, 0.4) is 0 Å². The molecule has 4 heteroatoms. The number of nitrogens with zero attached hydrogens (tertiary/aromatic N) is 2. The highest BCUT2D eigenvalue weighted by atomic mass is 16.3. The molecule has 1 aliphatic rings. The smallest absolute Gasteiger partial charge is 0.128 e. The molecule has 1 saturated heterocycles. The number of nitrogens with one attached hydrogen (secondary N) is 1. The third-order valence-corrected chi connectivity index (χ3v) is 3.70. The predicted octanol–water partition coefficient (Wildman–Crippen LogP) is 1.71. The Hall–Kier alpha value is -1.13. The Bertz CT molecular complexity index is 406. The van der Waals surface area contributed by atoms with Gasteiger partial charge in [-0.1, -0.05) is 0 Å². The highest BCUT2D eigenvalue weighted by Crippen LogP contribution is 2.25. The van der Waals surface area contributed by atoms with Gasteiger partial charge in [0, 0.05) is 25.3 Å². The Morgan fingerprint density at radius 1 is 1.56 bits per heavy atom. The first kappa shape index (κ1) is 13.3. The molecule has 2 unspecified atom stereocenters. The molecule has 0 aliphatic carbocycles. The van der Waals surface area contributed by atoms with Crippen LogP contribution in [0.15, 0.2) is 18.3 Å². The number of piperidine rings is 1. The minimum atomic E-state index is -0.593. The van der Waals surface area contributed by atoms with Gasteiger partial charge in [0.25, 0.3) is 0 Å². The van der Waals surface area contributed by atoms with E-state index in [0.717, 1.165) is 25.2 Å². The van der Waals surface area contributed by atoms with Crippen molar-refractivity contribution in [2.45, 2.75) is 38.3 Å². The zero-order valence-corrected chi connectivity index (χ0v) is 11.5. The van der Waals surface area contributed by atoms with Crippen molar-refractivity contribution in [1.29, 1.82) is 0 Å². The van der Waals surface area contributed by atoms with Crippen molar-refractivity contribution in [2.24, 2.45) is 0 Å². The van der Waals surface area contributed by atoms with E-state index in [1.54, 1.807) is 0 Å². The van der Waals surface area contributed by atoms with Gasteiger partial charge in [0.15, 0.2) is 0 Å². The first-order valence-corrected chi connectivity index (χ1v) is 6.62. The van der Waals surface area contributed by atoms with Gasteiger partial charge >= 0.3 is 0 Å². The van der Waals surface area contributed by atoms with Gasteiger partial charge in [-0.25, -0.2) is 4.98 Å². The molecule has 2 N–H and O–H groups in total. The van der Waals surface area contributed by atoms with Gasteiger partial charge in [0.05, 0.1) is 5.60 Å². The number of aliphatic hydroxyl groups is 1. The molecule has 2 heterocycles. The zero-order valence-electron chi connectivity index (χ0n) is 11.5. The van der Waals surface area contributed by atoms with Crippen LogP contribution in [0.5, 0.6) is 0 Å². The highest BCUT2D eigenvalue weighted by Gasteiger charge is 2.29. The fourth-order valence-corrected chi connectivity index (χ4v) is 2.46. The van der Waals surface area contributed by atoms with Gasteiger partial charge in [-0.2, -0.15) is 0 Å². The van der Waals surface area contributed by atoms with Crippen molar-refractivity contribution >= 4 is 5.82 Å². The summed E-state index contributed by atoms with van der Waals surface area (Å²) in [6.07, 6.45) is 3.73. The molecule has 0 radical (unpaired) electrons. The summed E-state index contributed by atoms with van der Waals surface area (Å²) in [6, 6.07) is 4.46. The molecule has 0 saturated carbocycles. The lowest BCUT2D eigenvalue weighted by Gasteiger charge is -2.37. The number of pyridine rings is 1. The standard InChI is InChI=1S/C14H23N3O/c1-11(15-3)12-5-7-16-13(9-12)17-8-4-6-14(2,18)10-17/h5,7,9,11,15,18H,4,6,8,10H2,1-3H3. The van der Waals surface area contributed by atoms with Crippen LogP contribution < -0.4 is 10.2 Å². The summed E-state index contributed by atoms with van der Waals surface area (Å²) in [4.78, 5) is 6.61. The highest BCUT2D eigenvalue weighted by molar-refractivity contribution is 5.42. The molecule has 100 valence electrons. The van der Waals surface area contributed by atoms with E-state index in [-0.39, 0.29) is 0 Å². The lowest BCUT2D eigenvalue weighted by atomic mass is 9.95. The molecule has 2 atom stereocenters. The second-order valence-electron chi connectivity index (χ2n) is 5.48. The third-order valence-electron chi connectivity index (χ3n) is 3.70. The third kappa shape index (κ3) is 3.00. The van der Waals surface area contributed by atoms with E-state index in [9.17, 15) is 5.11 Å². The van der Waals surface area contributed by atoms with E-state index < -0.39 is 5.60 Å². The summed E-state index contributed by atoms with van der Waals surface area (Å²) in [5, 5.41) is 13.4. The summed E-state index contributed by atoms with van der Waals surface area (Å²) >= 11 is 0. The van der Waals surface area contributed by atoms with Crippen LogP contribution in [0.1, 0.15) is 38.3 Å². The van der Waals surface area contributed by atoms with E-state index in [1.165, 1.54) is 5.56 Å². The lowest BCUT2D eigenvalue weighted by molar-refractivity contribution is 0.0447.